The van der Waals surface area contributed by atoms with Crippen LogP contribution < -0.4 is 83.4 Å². The van der Waals surface area contributed by atoms with Gasteiger partial charge in [0, 0.05) is 125 Å². The van der Waals surface area contributed by atoms with Crippen molar-refractivity contribution in [3.8, 4) is 69.9 Å². The van der Waals surface area contributed by atoms with E-state index in [1.54, 1.807) is 70.1 Å². The molecule has 6 N–H and O–H groups in total. The number of pyridine rings is 4. The van der Waals surface area contributed by atoms with Crippen LogP contribution in [0.1, 0.15) is 193 Å². The van der Waals surface area contributed by atoms with Crippen molar-refractivity contribution in [3.05, 3.63) is 200 Å². The Labute approximate surface area is 841 Å². The van der Waals surface area contributed by atoms with Crippen molar-refractivity contribution in [2.24, 2.45) is 43.3 Å². The third-order valence-electron chi connectivity index (χ3n) is 18.3. The number of rotatable bonds is 28. The number of para-hydroxylation sites is 4. The summed E-state index contributed by atoms with van der Waals surface area (Å²) in [5.74, 6) is 12.4. The van der Waals surface area contributed by atoms with Crippen LogP contribution in [0.4, 0.5) is 23.3 Å². The van der Waals surface area contributed by atoms with E-state index in [9.17, 15) is 0 Å². The van der Waals surface area contributed by atoms with Gasteiger partial charge < -0.3 is 88.4 Å². The summed E-state index contributed by atoms with van der Waals surface area (Å²) in [4.78, 5) is 35.8. The molecule has 0 aliphatic rings. The molecule has 0 spiro atoms. The molecule has 6 aromatic heterocycles. The summed E-state index contributed by atoms with van der Waals surface area (Å²) in [7, 11) is 16.2. The number of H-pyrrole nitrogens is 1. The Bertz CT molecular complexity index is 5180. The highest BCUT2D eigenvalue weighted by atomic mass is 32.2. The maximum absolute atomic E-state index is 5.70. The molecule has 12 aromatic rings. The molecule has 0 radical (unpaired) electrons. The molecule has 0 unspecified atom stereocenters. The Morgan fingerprint density at radius 3 is 1.35 bits per heavy atom. The second-order valence-electron chi connectivity index (χ2n) is 43.6. The van der Waals surface area contributed by atoms with Gasteiger partial charge in [-0.2, -0.15) is 19.9 Å². The van der Waals surface area contributed by atoms with E-state index in [0.29, 0.717) is 65.3 Å². The van der Waals surface area contributed by atoms with E-state index in [4.69, 9.17) is 56.8 Å². The van der Waals surface area contributed by atoms with Crippen LogP contribution in [0.15, 0.2) is 204 Å². The molecule has 0 bridgehead atoms. The van der Waals surface area contributed by atoms with Gasteiger partial charge in [0.05, 0.1) is 112 Å². The highest BCUT2D eigenvalue weighted by molar-refractivity contribution is 7.99. The molecule has 0 fully saturated rings. The lowest BCUT2D eigenvalue weighted by Crippen LogP contribution is -2.35. The number of aromatic nitrogens is 8. The van der Waals surface area contributed by atoms with Gasteiger partial charge in [0.2, 0.25) is 35.3 Å². The zero-order valence-electron chi connectivity index (χ0n) is 90.7. The lowest BCUT2D eigenvalue weighted by atomic mass is 9.97. The number of benzene rings is 6. The predicted octanol–water partition coefficient (Wildman–Crippen LogP) is 27.7. The minimum absolute atomic E-state index is 0.107. The maximum Gasteiger partial charge on any atom is 0.321 e. The van der Waals surface area contributed by atoms with Crippen LogP contribution in [0, 0.1) is 43.3 Å². The van der Waals surface area contributed by atoms with Crippen LogP contribution in [0.25, 0.3) is 32.8 Å². The summed E-state index contributed by atoms with van der Waals surface area (Å²) in [6.07, 6.45) is 1.86. The Morgan fingerprint density at radius 1 is 0.317 bits per heavy atom. The zero-order valence-corrected chi connectivity index (χ0v) is 92.3. The number of ether oxygens (including phenoxy) is 12. The number of fused-ring (bicyclic) bond motifs is 3. The second-order valence-corrected chi connectivity index (χ2v) is 45.7. The van der Waals surface area contributed by atoms with Gasteiger partial charge in [-0.3, -0.25) is 4.98 Å². The van der Waals surface area contributed by atoms with Gasteiger partial charge in [-0.05, 0) is 149 Å². The van der Waals surface area contributed by atoms with Gasteiger partial charge in [-0.25, -0.2) is 9.97 Å². The SMILES string of the molecule is CC(C)(C)CNc1nc2ccccc2[nH]1.CC(C)(C)COc1ccc2ccccc2n1.CC(C)(C)CSc1cccc2cccnc12.COc1cc(CNC(C)(C)C)cc(OC)c1.COc1cc(NCC(C)(C)C)nc(OC)n1.COc1cc(OC)cc(OCC(C)(C)C)c1.COc1ccc(NCC(C)(C)C)c(OC)n1.COc1cccc(NCC(C)(C)C)n1.COc1cccc(SCC(C)(C)C)c1. The van der Waals surface area contributed by atoms with Crippen molar-refractivity contribution in [1.82, 2.24) is 45.2 Å². The average Bonchev–Trinajstić information content (AvgIpc) is 1.56. The fraction of sp³-hybridized carbons (Fsp3) is 0.491. The standard InChI is InChI=1S/C14H17NO.C14H17NS.C13H21NO2.C13H20O3.C12H17N3.C12H20N2O2.C12H18OS.C11H19N3O2.C11H18N2O/c1-14(2,3)10-16-13-9-8-11-6-4-5-7-12(11)15-13;1-14(2,3)10-16-12-8-4-6-11-7-5-9-15-13(11)12;1-13(2,3)14-9-10-6-11(15-4)8-12(7-10)16-5;1-13(2,3)9-16-12-7-10(14-4)6-11(8-12)15-5;1-12(2,3)8-13-11-14-9-6-4-5-7-10(9)15-11;1-12(2,3)8-13-9-6-7-10(15-4)14-11(9)16-5;1-12(2,3)9-14-11-7-5-6-10(8-11)13-4;1-11(2,3)7-12-8-6-9(15-4)14-10(13-8)16-5;1-11(2,3)8-12-9-6-5-7-10(13-9)14-4/h2*4-9H,10H2,1-3H3;6-8,14H,9H2,1-5H3;6-8H,9H2,1-5H3;4-7H,8H2,1-3H3,(H2,13,14,15);6-7,13H,8H2,1-5H3;5-8H,9H2,1-4H3;6H,7H2,1-5H3,(H,12,13,14);5-7H,8H2,1-4H3,(H,12,13). The Balaban J connectivity index is 0.000000327. The minimum atomic E-state index is 0.107. The summed E-state index contributed by atoms with van der Waals surface area (Å²) in [5.41, 5.74) is 8.27. The summed E-state index contributed by atoms with van der Waals surface area (Å²) >= 11 is 3.77. The number of aromatic amines is 1. The molecule has 0 aliphatic carbocycles. The molecule has 12 rings (SSSR count). The van der Waals surface area contributed by atoms with Crippen LogP contribution >= 0.6 is 23.5 Å². The minimum Gasteiger partial charge on any atom is -0.497 e. The van der Waals surface area contributed by atoms with Gasteiger partial charge in [-0.15, -0.1) is 23.5 Å². The zero-order chi connectivity index (χ0) is 104. The monoisotopic (exact) mass is 1950 g/mol. The van der Waals surface area contributed by atoms with Crippen molar-refractivity contribution >= 4 is 79.6 Å². The number of thioether (sulfide) groups is 2. The summed E-state index contributed by atoms with van der Waals surface area (Å²) in [5, 5.41) is 18.9. The number of methoxy groups -OCH3 is 10. The van der Waals surface area contributed by atoms with Crippen LogP contribution in [0.5, 0.6) is 69.9 Å². The second kappa shape index (κ2) is 57.9. The van der Waals surface area contributed by atoms with Crippen LogP contribution in [0.3, 0.4) is 0 Å². The molecule has 0 amide bonds. The molecule has 6 heterocycles. The molecule has 0 saturated heterocycles. The number of imidazole rings is 1. The summed E-state index contributed by atoms with van der Waals surface area (Å²) in [6, 6.07) is 61.7. The Morgan fingerprint density at radius 2 is 0.806 bits per heavy atom. The molecular formula is C112H167N13O12S2. The third-order valence-corrected chi connectivity index (χ3v) is 21.5. The topological polar surface area (TPSA) is 277 Å². The van der Waals surface area contributed by atoms with Crippen molar-refractivity contribution in [2.75, 3.05) is 143 Å². The molecule has 27 heteroatoms. The van der Waals surface area contributed by atoms with E-state index < -0.39 is 0 Å². The lowest BCUT2D eigenvalue weighted by Gasteiger charge is -2.21. The van der Waals surface area contributed by atoms with E-state index in [0.717, 1.165) is 129 Å². The molecule has 0 saturated carbocycles. The van der Waals surface area contributed by atoms with Gasteiger partial charge in [0.15, 0.2) is 0 Å². The first-order valence-corrected chi connectivity index (χ1v) is 49.0. The van der Waals surface area contributed by atoms with E-state index >= 15 is 0 Å². The van der Waals surface area contributed by atoms with Crippen LogP contribution in [-0.4, -0.2) is 167 Å². The van der Waals surface area contributed by atoms with E-state index in [1.165, 1.54) is 22.3 Å². The Hall–Kier alpha value is -11.6. The first kappa shape index (κ1) is 120. The summed E-state index contributed by atoms with van der Waals surface area (Å²) < 4.78 is 62.6. The van der Waals surface area contributed by atoms with Crippen molar-refractivity contribution in [2.45, 2.75) is 209 Å². The average molecular weight is 1950 g/mol. The molecule has 764 valence electrons. The number of anilines is 4. The molecule has 25 nitrogen and oxygen atoms in total. The molecule has 0 aliphatic heterocycles. The number of nitrogens with one attached hydrogen (secondary N) is 6. The van der Waals surface area contributed by atoms with Crippen molar-refractivity contribution in [1.29, 1.82) is 0 Å². The van der Waals surface area contributed by atoms with E-state index in [1.807, 2.05) is 169 Å². The first-order valence-electron chi connectivity index (χ1n) is 47.0. The molecule has 0 atom stereocenters. The fourth-order valence-electron chi connectivity index (χ4n) is 11.0. The van der Waals surface area contributed by atoms with Gasteiger partial charge in [0.25, 0.3) is 0 Å². The quantitative estimate of drug-likeness (QED) is 0.0249. The molecular weight excluding hydrogens is 1780 g/mol. The molecule has 139 heavy (non-hydrogen) atoms. The number of hydrogen-bond donors (Lipinski definition) is 6. The Kier molecular flexibility index (Phi) is 49.9. The van der Waals surface area contributed by atoms with E-state index in [2.05, 4.69) is 296 Å². The maximum atomic E-state index is 5.70. The van der Waals surface area contributed by atoms with E-state index in [-0.39, 0.29) is 38.0 Å². The van der Waals surface area contributed by atoms with Gasteiger partial charge in [-0.1, -0.05) is 227 Å². The normalized spacial score (nSPS) is 11.4. The van der Waals surface area contributed by atoms with Gasteiger partial charge >= 0.3 is 6.01 Å². The smallest absolute Gasteiger partial charge is 0.321 e. The fourth-order valence-corrected chi connectivity index (χ4v) is 13.0. The molecule has 6 aromatic carbocycles. The van der Waals surface area contributed by atoms with Crippen LogP contribution in [-0.2, 0) is 6.54 Å². The predicted molar refractivity (Wildman–Crippen MR) is 584 cm³/mol. The first-order chi connectivity index (χ1) is 65.0. The lowest BCUT2D eigenvalue weighted by molar-refractivity contribution is 0.192. The largest absolute Gasteiger partial charge is 0.497 e. The van der Waals surface area contributed by atoms with Crippen LogP contribution in [0.2, 0.25) is 0 Å². The van der Waals surface area contributed by atoms with Gasteiger partial charge in [0.1, 0.15) is 46.1 Å². The summed E-state index contributed by atoms with van der Waals surface area (Å²) in [6.45, 7) is 64.5. The number of nitrogens with zero attached hydrogens (tertiary/aromatic N) is 7. The highest BCUT2D eigenvalue weighted by Crippen LogP contribution is 2.35. The highest BCUT2D eigenvalue weighted by Gasteiger charge is 2.20. The third kappa shape index (κ3) is 53.4. The van der Waals surface area contributed by atoms with Crippen molar-refractivity contribution < 1.29 is 56.8 Å². The number of hydrogen-bond acceptors (Lipinski definition) is 26. The van der Waals surface area contributed by atoms with Crippen molar-refractivity contribution in [3.63, 3.8) is 0 Å².